The lowest BCUT2D eigenvalue weighted by atomic mass is 10.1. The summed E-state index contributed by atoms with van der Waals surface area (Å²) in [6.07, 6.45) is 0. The van der Waals surface area contributed by atoms with Crippen LogP contribution in [0.15, 0.2) is 18.2 Å². The fourth-order valence-corrected chi connectivity index (χ4v) is 1.83. The topological polar surface area (TPSA) is 78.6 Å². The van der Waals surface area contributed by atoms with Crippen LogP contribution in [-0.4, -0.2) is 47.7 Å². The molecular weight excluding hydrogens is 253 g/mol. The molecule has 0 heterocycles. The molecule has 1 aromatic rings. The van der Waals surface area contributed by atoms with Crippen molar-refractivity contribution in [3.8, 4) is 0 Å². The number of hydrogen-bond acceptors (Lipinski definition) is 5. The average molecular weight is 271 g/mol. The van der Waals surface area contributed by atoms with E-state index in [9.17, 15) is 19.6 Å². The maximum absolute atomic E-state index is 13.0. The Hall–Kier alpha value is -1.73. The van der Waals surface area contributed by atoms with Crippen LogP contribution in [0.3, 0.4) is 0 Å². The monoisotopic (exact) mass is 271 g/mol. The number of hydrogen-bond donors (Lipinski definition) is 2. The smallest absolute Gasteiger partial charge is 0.295 e. The van der Waals surface area contributed by atoms with E-state index in [2.05, 4.69) is 5.32 Å². The van der Waals surface area contributed by atoms with E-state index in [1.54, 1.807) is 11.8 Å². The zero-order chi connectivity index (χ0) is 14.6. The second-order valence-electron chi connectivity index (χ2n) is 5.01. The molecular formula is C12H18FN3O3. The van der Waals surface area contributed by atoms with Gasteiger partial charge in [0.05, 0.1) is 16.6 Å². The number of nitrogens with one attached hydrogen (secondary N) is 1. The number of anilines is 1. The molecule has 19 heavy (non-hydrogen) atoms. The predicted octanol–water partition coefficient (Wildman–Crippen LogP) is 1.46. The van der Waals surface area contributed by atoms with Crippen LogP contribution in [0.2, 0.25) is 0 Å². The quantitative estimate of drug-likeness (QED) is 0.605. The normalized spacial score (nSPS) is 14.2. The summed E-state index contributed by atoms with van der Waals surface area (Å²) >= 11 is 0. The van der Waals surface area contributed by atoms with E-state index in [0.29, 0.717) is 6.54 Å². The maximum atomic E-state index is 13.0. The molecule has 0 saturated carbocycles. The number of nitro benzene ring substituents is 1. The van der Waals surface area contributed by atoms with Crippen LogP contribution in [0.1, 0.15) is 6.92 Å². The van der Waals surface area contributed by atoms with Gasteiger partial charge in [0.15, 0.2) is 0 Å². The van der Waals surface area contributed by atoms with Crippen molar-refractivity contribution in [2.24, 2.45) is 0 Å². The molecule has 0 amide bonds. The van der Waals surface area contributed by atoms with Gasteiger partial charge in [0.1, 0.15) is 11.5 Å². The zero-order valence-corrected chi connectivity index (χ0v) is 11.2. The van der Waals surface area contributed by atoms with Gasteiger partial charge in [0.2, 0.25) is 0 Å². The second kappa shape index (κ2) is 5.94. The standard InChI is InChI=1S/C12H18FN3O3/c1-12(17,8-15(2)3)7-14-10-5-4-9(13)6-11(10)16(18)19/h4-6,14,17H,7-8H2,1-3H3. The van der Waals surface area contributed by atoms with E-state index in [1.807, 2.05) is 14.1 Å². The number of aliphatic hydroxyl groups is 1. The Labute approximate surface area is 111 Å². The molecule has 0 aliphatic carbocycles. The molecule has 0 aliphatic heterocycles. The number of halogens is 1. The lowest BCUT2D eigenvalue weighted by Crippen LogP contribution is -2.43. The van der Waals surface area contributed by atoms with Crippen LogP contribution in [0.4, 0.5) is 15.8 Å². The second-order valence-corrected chi connectivity index (χ2v) is 5.01. The maximum Gasteiger partial charge on any atom is 0.295 e. The van der Waals surface area contributed by atoms with Crippen molar-refractivity contribution in [2.75, 3.05) is 32.5 Å². The van der Waals surface area contributed by atoms with Crippen LogP contribution >= 0.6 is 0 Å². The Morgan fingerprint density at radius 3 is 2.68 bits per heavy atom. The first-order chi connectivity index (χ1) is 8.71. The molecule has 7 heteroatoms. The summed E-state index contributed by atoms with van der Waals surface area (Å²) in [5, 5.41) is 23.7. The first-order valence-corrected chi connectivity index (χ1v) is 5.76. The fourth-order valence-electron chi connectivity index (χ4n) is 1.83. The van der Waals surface area contributed by atoms with Crippen molar-refractivity contribution in [2.45, 2.75) is 12.5 Å². The Morgan fingerprint density at radius 1 is 1.53 bits per heavy atom. The summed E-state index contributed by atoms with van der Waals surface area (Å²) in [5.41, 5.74) is -1.21. The third-order valence-corrected chi connectivity index (χ3v) is 2.47. The lowest BCUT2D eigenvalue weighted by molar-refractivity contribution is -0.384. The number of nitrogens with zero attached hydrogens (tertiary/aromatic N) is 2. The first-order valence-electron chi connectivity index (χ1n) is 5.76. The van der Waals surface area contributed by atoms with Crippen LogP contribution in [0, 0.1) is 15.9 Å². The highest BCUT2D eigenvalue weighted by Crippen LogP contribution is 2.25. The van der Waals surface area contributed by atoms with Crippen molar-refractivity contribution in [3.05, 3.63) is 34.1 Å². The van der Waals surface area contributed by atoms with Gasteiger partial charge in [-0.05, 0) is 33.2 Å². The van der Waals surface area contributed by atoms with Crippen molar-refractivity contribution in [1.29, 1.82) is 0 Å². The van der Waals surface area contributed by atoms with E-state index < -0.39 is 16.3 Å². The van der Waals surface area contributed by atoms with Crippen molar-refractivity contribution < 1.29 is 14.4 Å². The fraction of sp³-hybridized carbons (Fsp3) is 0.500. The van der Waals surface area contributed by atoms with Gasteiger partial charge in [-0.2, -0.15) is 0 Å². The molecule has 1 unspecified atom stereocenters. The molecule has 0 aliphatic rings. The van der Waals surface area contributed by atoms with Crippen LogP contribution in [0.25, 0.3) is 0 Å². The minimum atomic E-state index is -1.05. The molecule has 1 aromatic carbocycles. The Balaban J connectivity index is 2.80. The molecule has 1 atom stereocenters. The zero-order valence-electron chi connectivity index (χ0n) is 11.2. The van der Waals surface area contributed by atoms with E-state index in [0.717, 1.165) is 12.1 Å². The molecule has 0 bridgehead atoms. The van der Waals surface area contributed by atoms with Gasteiger partial charge < -0.3 is 15.3 Å². The Kier molecular flexibility index (Phi) is 4.79. The number of benzene rings is 1. The van der Waals surface area contributed by atoms with Crippen LogP contribution < -0.4 is 5.32 Å². The molecule has 6 nitrogen and oxygen atoms in total. The summed E-state index contributed by atoms with van der Waals surface area (Å²) in [5.74, 6) is -0.669. The van der Waals surface area contributed by atoms with Gasteiger partial charge in [-0.25, -0.2) is 4.39 Å². The average Bonchev–Trinajstić information content (AvgIpc) is 2.25. The van der Waals surface area contributed by atoms with Gasteiger partial charge in [0.25, 0.3) is 5.69 Å². The Morgan fingerprint density at radius 2 is 2.16 bits per heavy atom. The Bertz CT molecular complexity index is 464. The van der Waals surface area contributed by atoms with Gasteiger partial charge in [-0.1, -0.05) is 0 Å². The highest BCUT2D eigenvalue weighted by atomic mass is 19.1. The molecule has 0 aromatic heterocycles. The van der Waals surface area contributed by atoms with E-state index >= 15 is 0 Å². The van der Waals surface area contributed by atoms with Crippen molar-refractivity contribution in [3.63, 3.8) is 0 Å². The number of nitro groups is 1. The number of likely N-dealkylation sites (N-methyl/N-ethyl adjacent to an activating group) is 1. The summed E-state index contributed by atoms with van der Waals surface area (Å²) in [7, 11) is 3.63. The van der Waals surface area contributed by atoms with Crippen molar-refractivity contribution in [1.82, 2.24) is 4.90 Å². The highest BCUT2D eigenvalue weighted by molar-refractivity contribution is 5.61. The highest BCUT2D eigenvalue weighted by Gasteiger charge is 2.23. The van der Waals surface area contributed by atoms with E-state index in [1.165, 1.54) is 6.07 Å². The molecule has 0 spiro atoms. The largest absolute Gasteiger partial charge is 0.387 e. The summed E-state index contributed by atoms with van der Waals surface area (Å²) < 4.78 is 13.0. The van der Waals surface area contributed by atoms with E-state index in [-0.39, 0.29) is 17.9 Å². The summed E-state index contributed by atoms with van der Waals surface area (Å²) in [4.78, 5) is 12.0. The van der Waals surface area contributed by atoms with Gasteiger partial charge in [0, 0.05) is 13.1 Å². The SMILES string of the molecule is CN(C)CC(C)(O)CNc1ccc(F)cc1[N+](=O)[O-]. The van der Waals surface area contributed by atoms with Gasteiger partial charge in [-0.15, -0.1) is 0 Å². The van der Waals surface area contributed by atoms with Crippen LogP contribution in [-0.2, 0) is 0 Å². The molecule has 1 rings (SSSR count). The molecule has 0 fully saturated rings. The lowest BCUT2D eigenvalue weighted by Gasteiger charge is -2.27. The minimum absolute atomic E-state index is 0.123. The van der Waals surface area contributed by atoms with Gasteiger partial charge >= 0.3 is 0 Å². The molecule has 106 valence electrons. The molecule has 0 saturated heterocycles. The summed E-state index contributed by atoms with van der Waals surface area (Å²) in [6.45, 7) is 2.14. The van der Waals surface area contributed by atoms with Gasteiger partial charge in [-0.3, -0.25) is 10.1 Å². The molecule has 0 radical (unpaired) electrons. The number of rotatable bonds is 6. The predicted molar refractivity (Wildman–Crippen MR) is 70.7 cm³/mol. The first kappa shape index (κ1) is 15.3. The van der Waals surface area contributed by atoms with E-state index in [4.69, 9.17) is 0 Å². The third kappa shape index (κ3) is 4.80. The third-order valence-electron chi connectivity index (χ3n) is 2.47. The summed E-state index contributed by atoms with van der Waals surface area (Å²) in [6, 6.07) is 3.28. The van der Waals surface area contributed by atoms with Crippen molar-refractivity contribution >= 4 is 11.4 Å². The minimum Gasteiger partial charge on any atom is -0.387 e. The van der Waals surface area contributed by atoms with Crippen LogP contribution in [0.5, 0.6) is 0 Å². The molecule has 2 N–H and O–H groups in total.